The molecule has 3 rings (SSSR count). The van der Waals surface area contributed by atoms with Crippen LogP contribution in [0.4, 0.5) is 11.8 Å². The van der Waals surface area contributed by atoms with Crippen LogP contribution in [0.5, 0.6) is 5.75 Å². The summed E-state index contributed by atoms with van der Waals surface area (Å²) in [5.74, 6) is 0.947. The van der Waals surface area contributed by atoms with Gasteiger partial charge in [0.15, 0.2) is 0 Å². The van der Waals surface area contributed by atoms with Crippen molar-refractivity contribution < 1.29 is 5.11 Å². The zero-order chi connectivity index (χ0) is 15.5. The highest BCUT2D eigenvalue weighted by Crippen LogP contribution is 2.28. The fourth-order valence-corrected chi connectivity index (χ4v) is 2.67. The van der Waals surface area contributed by atoms with Crippen LogP contribution in [0.25, 0.3) is 10.8 Å². The second-order valence-electron chi connectivity index (χ2n) is 5.28. The van der Waals surface area contributed by atoms with E-state index in [4.69, 9.17) is 11.5 Å². The van der Waals surface area contributed by atoms with E-state index in [0.717, 1.165) is 41.2 Å². The number of hydrogen-bond acceptors (Lipinski definition) is 5. The van der Waals surface area contributed by atoms with Crippen LogP contribution in [-0.2, 0) is 12.8 Å². The summed E-state index contributed by atoms with van der Waals surface area (Å²) in [7, 11) is 0. The van der Waals surface area contributed by atoms with Gasteiger partial charge >= 0.3 is 0 Å². The van der Waals surface area contributed by atoms with E-state index >= 15 is 0 Å². The Labute approximate surface area is 128 Å². The molecule has 0 fully saturated rings. The van der Waals surface area contributed by atoms with Crippen LogP contribution in [0.3, 0.4) is 0 Å². The van der Waals surface area contributed by atoms with E-state index in [1.54, 1.807) is 12.3 Å². The lowest BCUT2D eigenvalue weighted by Crippen LogP contribution is -2.04. The van der Waals surface area contributed by atoms with Gasteiger partial charge < -0.3 is 16.6 Å². The summed E-state index contributed by atoms with van der Waals surface area (Å²) < 4.78 is 0. The number of aromatic nitrogens is 2. The third-order valence-electron chi connectivity index (χ3n) is 3.81. The highest BCUT2D eigenvalue weighted by molar-refractivity contribution is 5.87. The first-order chi connectivity index (χ1) is 10.6. The second kappa shape index (κ2) is 5.89. The number of anilines is 2. The molecule has 0 spiro atoms. The van der Waals surface area contributed by atoms with Gasteiger partial charge in [-0.1, -0.05) is 30.3 Å². The number of phenolic OH excluding ortho intramolecular Hbond substituents is 1. The molecule has 0 amide bonds. The smallest absolute Gasteiger partial charge is 0.221 e. The normalized spacial score (nSPS) is 10.9. The van der Waals surface area contributed by atoms with Crippen LogP contribution >= 0.6 is 0 Å². The van der Waals surface area contributed by atoms with Crippen LogP contribution in [0.1, 0.15) is 17.5 Å². The van der Waals surface area contributed by atoms with Gasteiger partial charge in [-0.25, -0.2) is 4.98 Å². The maximum Gasteiger partial charge on any atom is 0.221 e. The summed E-state index contributed by atoms with van der Waals surface area (Å²) in [4.78, 5) is 7.93. The Balaban J connectivity index is 1.78. The van der Waals surface area contributed by atoms with Crippen LogP contribution in [0.2, 0.25) is 0 Å². The molecule has 1 aromatic heterocycles. The van der Waals surface area contributed by atoms with Crippen molar-refractivity contribution in [2.24, 2.45) is 0 Å². The highest BCUT2D eigenvalue weighted by Gasteiger charge is 2.08. The van der Waals surface area contributed by atoms with E-state index in [1.165, 1.54) is 0 Å². The van der Waals surface area contributed by atoms with Crippen molar-refractivity contribution in [3.05, 3.63) is 53.7 Å². The van der Waals surface area contributed by atoms with Crippen LogP contribution in [-0.4, -0.2) is 15.1 Å². The molecule has 0 aliphatic heterocycles. The molecule has 0 aliphatic rings. The van der Waals surface area contributed by atoms with Crippen molar-refractivity contribution in [1.29, 1.82) is 0 Å². The van der Waals surface area contributed by atoms with E-state index in [2.05, 4.69) is 9.97 Å². The summed E-state index contributed by atoms with van der Waals surface area (Å²) >= 11 is 0. The van der Waals surface area contributed by atoms with E-state index < -0.39 is 0 Å². The van der Waals surface area contributed by atoms with E-state index in [1.807, 2.05) is 30.3 Å². The Bertz CT molecular complexity index is 817. The SMILES string of the molecule is Nc1ncc(CCCc2c(O)ccc3ccccc23)c(N)n1. The molecule has 2 aromatic carbocycles. The number of nitrogen functional groups attached to an aromatic ring is 2. The minimum Gasteiger partial charge on any atom is -0.508 e. The van der Waals surface area contributed by atoms with E-state index in [9.17, 15) is 5.11 Å². The van der Waals surface area contributed by atoms with Gasteiger partial charge in [-0.05, 0) is 36.1 Å². The first-order valence-corrected chi connectivity index (χ1v) is 7.21. The molecule has 112 valence electrons. The van der Waals surface area contributed by atoms with Gasteiger partial charge in [0.25, 0.3) is 0 Å². The number of aryl methyl sites for hydroxylation is 2. The van der Waals surface area contributed by atoms with Gasteiger partial charge in [0.2, 0.25) is 5.95 Å². The average Bonchev–Trinajstić information content (AvgIpc) is 2.51. The summed E-state index contributed by atoms with van der Waals surface area (Å²) in [6, 6.07) is 11.7. The molecule has 0 atom stereocenters. The number of hydrogen-bond donors (Lipinski definition) is 3. The van der Waals surface area contributed by atoms with Crippen molar-refractivity contribution in [3.8, 4) is 5.75 Å². The summed E-state index contributed by atoms with van der Waals surface area (Å²) in [5, 5.41) is 12.3. The number of nitrogens with two attached hydrogens (primary N) is 2. The van der Waals surface area contributed by atoms with Gasteiger partial charge in [0.05, 0.1) is 0 Å². The van der Waals surface area contributed by atoms with Gasteiger partial charge in [0, 0.05) is 17.3 Å². The number of aromatic hydroxyl groups is 1. The predicted octanol–water partition coefficient (Wildman–Crippen LogP) is 2.68. The lowest BCUT2D eigenvalue weighted by atomic mass is 9.98. The summed E-state index contributed by atoms with van der Waals surface area (Å²) in [6.45, 7) is 0. The maximum absolute atomic E-state index is 10.1. The molecule has 0 aliphatic carbocycles. The zero-order valence-electron chi connectivity index (χ0n) is 12.2. The fraction of sp³-hybridized carbons (Fsp3) is 0.176. The van der Waals surface area contributed by atoms with Gasteiger partial charge in [-0.15, -0.1) is 0 Å². The molecule has 22 heavy (non-hydrogen) atoms. The Hall–Kier alpha value is -2.82. The Kier molecular flexibility index (Phi) is 3.78. The highest BCUT2D eigenvalue weighted by atomic mass is 16.3. The molecule has 0 saturated heterocycles. The Morgan fingerprint density at radius 1 is 1.00 bits per heavy atom. The largest absolute Gasteiger partial charge is 0.508 e. The molecule has 0 saturated carbocycles. The third kappa shape index (κ3) is 2.79. The molecular weight excluding hydrogens is 276 g/mol. The van der Waals surface area contributed by atoms with Gasteiger partial charge in [0.1, 0.15) is 11.6 Å². The minimum absolute atomic E-state index is 0.188. The number of fused-ring (bicyclic) bond motifs is 1. The van der Waals surface area contributed by atoms with E-state index in [-0.39, 0.29) is 5.95 Å². The fourth-order valence-electron chi connectivity index (χ4n) is 2.67. The summed E-state index contributed by atoms with van der Waals surface area (Å²) in [5.41, 5.74) is 13.2. The molecule has 0 bridgehead atoms. The topological polar surface area (TPSA) is 98.0 Å². The van der Waals surface area contributed by atoms with Gasteiger partial charge in [-0.2, -0.15) is 4.98 Å². The molecule has 0 unspecified atom stereocenters. The van der Waals surface area contributed by atoms with Gasteiger partial charge in [-0.3, -0.25) is 0 Å². The quantitative estimate of drug-likeness (QED) is 0.687. The number of rotatable bonds is 4. The number of phenols is 1. The van der Waals surface area contributed by atoms with Crippen LogP contribution < -0.4 is 11.5 Å². The van der Waals surface area contributed by atoms with Crippen molar-refractivity contribution in [1.82, 2.24) is 9.97 Å². The predicted molar refractivity (Wildman–Crippen MR) is 88.5 cm³/mol. The Morgan fingerprint density at radius 3 is 2.64 bits per heavy atom. The molecule has 5 nitrogen and oxygen atoms in total. The minimum atomic E-state index is 0.188. The monoisotopic (exact) mass is 294 g/mol. The maximum atomic E-state index is 10.1. The van der Waals surface area contributed by atoms with Crippen molar-refractivity contribution >= 4 is 22.5 Å². The molecule has 5 heteroatoms. The zero-order valence-corrected chi connectivity index (χ0v) is 12.2. The molecular formula is C17H18N4O. The summed E-state index contributed by atoms with van der Waals surface area (Å²) in [6.07, 6.45) is 4.02. The van der Waals surface area contributed by atoms with Crippen molar-refractivity contribution in [2.45, 2.75) is 19.3 Å². The van der Waals surface area contributed by atoms with Crippen LogP contribution in [0, 0.1) is 0 Å². The molecule has 5 N–H and O–H groups in total. The van der Waals surface area contributed by atoms with Crippen molar-refractivity contribution in [2.75, 3.05) is 11.5 Å². The molecule has 3 aromatic rings. The van der Waals surface area contributed by atoms with Crippen LogP contribution in [0.15, 0.2) is 42.6 Å². The average molecular weight is 294 g/mol. The molecule has 0 radical (unpaired) electrons. The van der Waals surface area contributed by atoms with Crippen molar-refractivity contribution in [3.63, 3.8) is 0 Å². The number of nitrogens with zero attached hydrogens (tertiary/aromatic N) is 2. The Morgan fingerprint density at radius 2 is 1.82 bits per heavy atom. The third-order valence-corrected chi connectivity index (χ3v) is 3.81. The molecule has 1 heterocycles. The second-order valence-corrected chi connectivity index (χ2v) is 5.28. The lowest BCUT2D eigenvalue weighted by Gasteiger charge is -2.10. The van der Waals surface area contributed by atoms with E-state index in [0.29, 0.717) is 11.6 Å². The first-order valence-electron chi connectivity index (χ1n) is 7.21. The first kappa shape index (κ1) is 14.1. The lowest BCUT2D eigenvalue weighted by molar-refractivity contribution is 0.468. The number of benzene rings is 2. The standard InChI is InChI=1S/C17H18N4O/c18-16-12(10-20-17(19)21-16)5-3-7-14-13-6-2-1-4-11(13)8-9-15(14)22/h1-2,4,6,8-10,22H,3,5,7H2,(H4,18,19,20,21).